The van der Waals surface area contributed by atoms with Crippen molar-refractivity contribution in [3.8, 4) is 0 Å². The second kappa shape index (κ2) is 10.1. The van der Waals surface area contributed by atoms with Crippen molar-refractivity contribution in [2.75, 3.05) is 0 Å². The minimum atomic E-state index is 1.20. The number of rotatable bonds is 10. The van der Waals surface area contributed by atoms with Gasteiger partial charge in [-0.3, -0.25) is 4.98 Å². The predicted molar refractivity (Wildman–Crippen MR) is 79.9 cm³/mol. The number of nitrogens with zero attached hydrogens (tertiary/aromatic N) is 1. The summed E-state index contributed by atoms with van der Waals surface area (Å²) in [4.78, 5) is 4.34. The molecule has 0 atom stereocenters. The Balaban J connectivity index is 1.94. The van der Waals surface area contributed by atoms with Crippen molar-refractivity contribution in [1.29, 1.82) is 0 Å². The van der Waals surface area contributed by atoms with Gasteiger partial charge in [0.15, 0.2) is 0 Å². The van der Waals surface area contributed by atoms with Crippen LogP contribution in [0.4, 0.5) is 0 Å². The first-order valence-electron chi connectivity index (χ1n) is 7.75. The van der Waals surface area contributed by atoms with Crippen LogP contribution < -0.4 is 0 Å². The molecule has 18 heavy (non-hydrogen) atoms. The molecular formula is C17H29N. The van der Waals surface area contributed by atoms with Crippen LogP contribution >= 0.6 is 0 Å². The van der Waals surface area contributed by atoms with Crippen LogP contribution in [0, 0.1) is 6.92 Å². The molecule has 0 fully saturated rings. The smallest absolute Gasteiger partial charge is 0.0404 e. The van der Waals surface area contributed by atoms with Gasteiger partial charge in [-0.25, -0.2) is 0 Å². The summed E-state index contributed by atoms with van der Waals surface area (Å²) in [5.74, 6) is 0. The van der Waals surface area contributed by atoms with Gasteiger partial charge in [0.25, 0.3) is 0 Å². The number of aryl methyl sites for hydroxylation is 2. The van der Waals surface area contributed by atoms with Crippen LogP contribution in [0.3, 0.4) is 0 Å². The summed E-state index contributed by atoms with van der Waals surface area (Å²) in [6.45, 7) is 4.39. The fourth-order valence-electron chi connectivity index (χ4n) is 2.41. The summed E-state index contributed by atoms with van der Waals surface area (Å²) >= 11 is 0. The lowest BCUT2D eigenvalue weighted by Gasteiger charge is -2.04. The van der Waals surface area contributed by atoms with E-state index in [1.807, 2.05) is 6.20 Å². The highest BCUT2D eigenvalue weighted by Gasteiger charge is 1.98. The minimum Gasteiger partial charge on any atom is -0.261 e. The Morgan fingerprint density at radius 1 is 0.889 bits per heavy atom. The molecule has 0 amide bonds. The Bertz CT molecular complexity index is 306. The molecule has 1 aromatic rings. The molecule has 0 radical (unpaired) electrons. The molecule has 1 nitrogen and oxygen atoms in total. The van der Waals surface area contributed by atoms with Crippen LogP contribution in [-0.4, -0.2) is 4.98 Å². The van der Waals surface area contributed by atoms with Gasteiger partial charge in [0.2, 0.25) is 0 Å². The van der Waals surface area contributed by atoms with E-state index < -0.39 is 0 Å². The zero-order chi connectivity index (χ0) is 13.1. The van der Waals surface area contributed by atoms with E-state index in [2.05, 4.69) is 31.0 Å². The molecule has 1 heteroatoms. The van der Waals surface area contributed by atoms with Crippen molar-refractivity contribution in [2.45, 2.75) is 78.1 Å². The van der Waals surface area contributed by atoms with Crippen molar-refractivity contribution in [2.24, 2.45) is 0 Å². The largest absolute Gasteiger partial charge is 0.261 e. The van der Waals surface area contributed by atoms with Crippen molar-refractivity contribution in [1.82, 2.24) is 4.98 Å². The van der Waals surface area contributed by atoms with E-state index in [-0.39, 0.29) is 0 Å². The van der Waals surface area contributed by atoms with Gasteiger partial charge in [0, 0.05) is 11.9 Å². The summed E-state index contributed by atoms with van der Waals surface area (Å²) in [7, 11) is 0. The molecule has 0 spiro atoms. The lowest BCUT2D eigenvalue weighted by atomic mass is 10.0. The zero-order valence-corrected chi connectivity index (χ0v) is 12.3. The van der Waals surface area contributed by atoms with Gasteiger partial charge in [-0.05, 0) is 31.4 Å². The summed E-state index contributed by atoms with van der Waals surface area (Å²) in [6, 6.07) is 4.27. The standard InChI is InChI=1S/C17H29N/c1-3-4-5-6-7-8-9-10-11-13-17-14-12-15-18-16(17)2/h12,14-15H,3-11,13H2,1-2H3. The maximum absolute atomic E-state index is 4.34. The number of aromatic nitrogens is 1. The van der Waals surface area contributed by atoms with Crippen molar-refractivity contribution >= 4 is 0 Å². The summed E-state index contributed by atoms with van der Waals surface area (Å²) in [5.41, 5.74) is 2.64. The Morgan fingerprint density at radius 2 is 1.50 bits per heavy atom. The molecule has 0 saturated carbocycles. The second-order valence-corrected chi connectivity index (χ2v) is 5.33. The third-order valence-electron chi connectivity index (χ3n) is 3.67. The molecule has 0 bridgehead atoms. The Labute approximate surface area is 113 Å². The molecule has 0 aliphatic heterocycles. The summed E-state index contributed by atoms with van der Waals surface area (Å²) < 4.78 is 0. The topological polar surface area (TPSA) is 12.9 Å². The maximum Gasteiger partial charge on any atom is 0.0404 e. The van der Waals surface area contributed by atoms with Gasteiger partial charge >= 0.3 is 0 Å². The first-order chi connectivity index (χ1) is 8.84. The van der Waals surface area contributed by atoms with Crippen LogP contribution in [0.1, 0.15) is 76.0 Å². The third kappa shape index (κ3) is 6.78. The minimum absolute atomic E-state index is 1.20. The molecular weight excluding hydrogens is 218 g/mol. The zero-order valence-electron chi connectivity index (χ0n) is 12.3. The molecule has 0 saturated heterocycles. The van der Waals surface area contributed by atoms with E-state index in [0.29, 0.717) is 0 Å². The first-order valence-corrected chi connectivity index (χ1v) is 7.75. The Morgan fingerprint density at radius 3 is 2.11 bits per heavy atom. The fraction of sp³-hybridized carbons (Fsp3) is 0.706. The van der Waals surface area contributed by atoms with Gasteiger partial charge in [-0.2, -0.15) is 0 Å². The van der Waals surface area contributed by atoms with E-state index in [9.17, 15) is 0 Å². The highest BCUT2D eigenvalue weighted by Crippen LogP contribution is 2.12. The first kappa shape index (κ1) is 15.2. The highest BCUT2D eigenvalue weighted by molar-refractivity contribution is 5.18. The van der Waals surface area contributed by atoms with E-state index in [1.165, 1.54) is 75.5 Å². The van der Waals surface area contributed by atoms with Crippen molar-refractivity contribution < 1.29 is 0 Å². The average molecular weight is 247 g/mol. The lowest BCUT2D eigenvalue weighted by Crippen LogP contribution is -1.92. The molecule has 1 aromatic heterocycles. The monoisotopic (exact) mass is 247 g/mol. The highest BCUT2D eigenvalue weighted by atomic mass is 14.7. The average Bonchev–Trinajstić information content (AvgIpc) is 2.39. The third-order valence-corrected chi connectivity index (χ3v) is 3.67. The number of unbranched alkanes of at least 4 members (excludes halogenated alkanes) is 8. The second-order valence-electron chi connectivity index (χ2n) is 5.33. The molecule has 1 rings (SSSR count). The Kier molecular flexibility index (Phi) is 8.54. The summed E-state index contributed by atoms with van der Waals surface area (Å²) in [5, 5.41) is 0. The molecule has 0 aliphatic carbocycles. The van der Waals surface area contributed by atoms with Crippen molar-refractivity contribution in [3.05, 3.63) is 29.6 Å². The van der Waals surface area contributed by atoms with Gasteiger partial charge in [0.05, 0.1) is 0 Å². The van der Waals surface area contributed by atoms with Crippen LogP contribution in [-0.2, 0) is 6.42 Å². The van der Waals surface area contributed by atoms with Crippen LogP contribution in [0.15, 0.2) is 18.3 Å². The van der Waals surface area contributed by atoms with E-state index in [1.54, 1.807) is 0 Å². The normalized spacial score (nSPS) is 10.8. The van der Waals surface area contributed by atoms with Crippen molar-refractivity contribution in [3.63, 3.8) is 0 Å². The van der Waals surface area contributed by atoms with E-state index in [0.717, 1.165) is 0 Å². The van der Waals surface area contributed by atoms with Gasteiger partial charge < -0.3 is 0 Å². The fourth-order valence-corrected chi connectivity index (χ4v) is 2.41. The quantitative estimate of drug-likeness (QED) is 0.500. The van der Waals surface area contributed by atoms with Crippen LogP contribution in [0.2, 0.25) is 0 Å². The van der Waals surface area contributed by atoms with E-state index in [4.69, 9.17) is 0 Å². The number of hydrogen-bond donors (Lipinski definition) is 0. The van der Waals surface area contributed by atoms with Gasteiger partial charge in [-0.1, -0.05) is 64.4 Å². The summed E-state index contributed by atoms with van der Waals surface area (Å²) in [6.07, 6.45) is 15.7. The number of hydrogen-bond acceptors (Lipinski definition) is 1. The van der Waals surface area contributed by atoms with Gasteiger partial charge in [-0.15, -0.1) is 0 Å². The Hall–Kier alpha value is -0.850. The molecule has 0 aromatic carbocycles. The SMILES string of the molecule is CCCCCCCCCCCc1cccnc1C. The van der Waals surface area contributed by atoms with E-state index >= 15 is 0 Å². The van der Waals surface area contributed by atoms with Crippen LogP contribution in [0.5, 0.6) is 0 Å². The molecule has 102 valence electrons. The van der Waals surface area contributed by atoms with Gasteiger partial charge in [0.1, 0.15) is 0 Å². The molecule has 0 unspecified atom stereocenters. The van der Waals surface area contributed by atoms with Crippen LogP contribution in [0.25, 0.3) is 0 Å². The predicted octanol–water partition coefficient (Wildman–Crippen LogP) is 5.46. The maximum atomic E-state index is 4.34. The molecule has 0 N–H and O–H groups in total. The number of pyridine rings is 1. The lowest BCUT2D eigenvalue weighted by molar-refractivity contribution is 0.564. The molecule has 0 aliphatic rings. The molecule has 1 heterocycles.